The molecule has 2 N–H and O–H groups in total. The van der Waals surface area contributed by atoms with Gasteiger partial charge in [0.15, 0.2) is 4.96 Å². The van der Waals surface area contributed by atoms with E-state index in [4.69, 9.17) is 20.2 Å². The first-order chi connectivity index (χ1) is 18.9. The summed E-state index contributed by atoms with van der Waals surface area (Å²) in [4.78, 5) is 45.9. The number of hydrogen-bond acceptors (Lipinski definition) is 7. The van der Waals surface area contributed by atoms with Crippen LogP contribution >= 0.6 is 11.3 Å². The van der Waals surface area contributed by atoms with Crippen LogP contribution in [-0.2, 0) is 9.59 Å². The normalized spacial score (nSPS) is 14.1. The molecule has 0 aliphatic carbocycles. The Morgan fingerprint density at radius 2 is 1.51 bits per heavy atom. The minimum absolute atomic E-state index is 0.235. The molecule has 0 atom stereocenters. The molecule has 0 unspecified atom stereocenters. The molecule has 5 aromatic rings. The summed E-state index contributed by atoms with van der Waals surface area (Å²) in [7, 11) is 3.19. The lowest BCUT2D eigenvalue weighted by molar-refractivity contribution is -0.119. The number of para-hydroxylation sites is 1. The number of primary amides is 1. The number of aromatic nitrogens is 2. The van der Waals surface area contributed by atoms with E-state index in [1.165, 1.54) is 4.90 Å². The Morgan fingerprint density at radius 1 is 0.897 bits per heavy atom. The third-order valence-corrected chi connectivity index (χ3v) is 7.67. The molecule has 3 aromatic carbocycles. The molecule has 1 aliphatic rings. The summed E-state index contributed by atoms with van der Waals surface area (Å²) < 4.78 is 12.4. The van der Waals surface area contributed by atoms with Crippen molar-refractivity contribution in [3.8, 4) is 34.0 Å². The minimum atomic E-state index is -0.645. The number of methoxy groups -OCH3 is 2. The number of benzene rings is 3. The van der Waals surface area contributed by atoms with E-state index in [0.717, 1.165) is 22.5 Å². The highest BCUT2D eigenvalue weighted by molar-refractivity contribution is 7.15. The van der Waals surface area contributed by atoms with Gasteiger partial charge in [-0.3, -0.25) is 19.3 Å². The fourth-order valence-electron chi connectivity index (χ4n) is 4.83. The highest BCUT2D eigenvalue weighted by Gasteiger charge is 2.35. The van der Waals surface area contributed by atoms with Crippen LogP contribution in [0.25, 0.3) is 33.0 Å². The van der Waals surface area contributed by atoms with Gasteiger partial charge in [0.05, 0.1) is 36.9 Å². The first-order valence-corrected chi connectivity index (χ1v) is 12.8. The van der Waals surface area contributed by atoms with Gasteiger partial charge in [0.25, 0.3) is 11.5 Å². The molecule has 0 saturated heterocycles. The Balaban J connectivity index is 1.64. The fraction of sp³-hybridized carbons (Fsp3) is 0.103. The van der Waals surface area contributed by atoms with E-state index in [9.17, 15) is 14.4 Å². The zero-order chi connectivity index (χ0) is 27.3. The number of nitrogens with zero attached hydrogens (tertiary/aromatic N) is 3. The average Bonchev–Trinajstić information content (AvgIpc) is 3.57. The Labute approximate surface area is 226 Å². The maximum atomic E-state index is 14.1. The predicted octanol–water partition coefficient (Wildman–Crippen LogP) is 2.86. The highest BCUT2D eigenvalue weighted by atomic mass is 32.1. The zero-order valence-corrected chi connectivity index (χ0v) is 21.8. The lowest BCUT2D eigenvalue weighted by atomic mass is 10.0. The molecule has 0 bridgehead atoms. The van der Waals surface area contributed by atoms with Crippen LogP contribution in [0.15, 0.2) is 77.6 Å². The Bertz CT molecular complexity index is 1870. The van der Waals surface area contributed by atoms with Gasteiger partial charge in [-0.1, -0.05) is 29.5 Å². The van der Waals surface area contributed by atoms with Crippen LogP contribution in [0.4, 0.5) is 5.69 Å². The van der Waals surface area contributed by atoms with Gasteiger partial charge in [0.1, 0.15) is 22.6 Å². The van der Waals surface area contributed by atoms with Gasteiger partial charge < -0.3 is 15.2 Å². The summed E-state index contributed by atoms with van der Waals surface area (Å²) in [5.74, 6) is 0.289. The maximum Gasteiger partial charge on any atom is 0.275 e. The quantitative estimate of drug-likeness (QED) is 0.356. The van der Waals surface area contributed by atoms with Crippen LogP contribution in [0, 0.1) is 0 Å². The predicted molar refractivity (Wildman–Crippen MR) is 149 cm³/mol. The van der Waals surface area contributed by atoms with Crippen molar-refractivity contribution in [1.82, 2.24) is 9.38 Å². The number of imidazole rings is 1. The van der Waals surface area contributed by atoms with Gasteiger partial charge in [0.2, 0.25) is 5.91 Å². The van der Waals surface area contributed by atoms with Crippen LogP contribution in [0.1, 0.15) is 5.56 Å². The second-order valence-corrected chi connectivity index (χ2v) is 9.85. The fourth-order valence-corrected chi connectivity index (χ4v) is 5.89. The first-order valence-electron chi connectivity index (χ1n) is 12.0. The number of ether oxygens (including phenoxy) is 2. The number of nitrogens with two attached hydrogens (primary N) is 1. The van der Waals surface area contributed by atoms with Crippen LogP contribution in [-0.4, -0.2) is 42.0 Å². The molecule has 194 valence electrons. The summed E-state index contributed by atoms with van der Waals surface area (Å²) in [5.41, 5.74) is 9.18. The second-order valence-electron chi connectivity index (χ2n) is 8.87. The number of carbonyl (C=O) groups excluding carboxylic acids is 2. The average molecular weight is 539 g/mol. The molecule has 1 aliphatic heterocycles. The topological polar surface area (TPSA) is 116 Å². The summed E-state index contributed by atoms with van der Waals surface area (Å²) in [6.07, 6.45) is 0. The molecule has 39 heavy (non-hydrogen) atoms. The lowest BCUT2D eigenvalue weighted by Gasteiger charge is -2.14. The van der Waals surface area contributed by atoms with E-state index in [2.05, 4.69) is 0 Å². The van der Waals surface area contributed by atoms with Crippen molar-refractivity contribution < 1.29 is 19.1 Å². The van der Waals surface area contributed by atoms with E-state index >= 15 is 0 Å². The number of rotatable bonds is 6. The van der Waals surface area contributed by atoms with E-state index in [1.807, 2.05) is 48.5 Å². The molecular weight excluding hydrogens is 516 g/mol. The molecule has 0 radical (unpaired) electrons. The number of hydrogen-bond donors (Lipinski definition) is 1. The second kappa shape index (κ2) is 9.41. The van der Waals surface area contributed by atoms with E-state index < -0.39 is 11.8 Å². The number of carbonyl (C=O) groups is 2. The molecule has 0 fully saturated rings. The number of fused-ring (bicyclic) bond motifs is 2. The van der Waals surface area contributed by atoms with Gasteiger partial charge in [-0.25, -0.2) is 9.38 Å². The largest absolute Gasteiger partial charge is 0.497 e. The van der Waals surface area contributed by atoms with Gasteiger partial charge in [0, 0.05) is 16.7 Å². The van der Waals surface area contributed by atoms with Crippen LogP contribution in [0.3, 0.4) is 0 Å². The van der Waals surface area contributed by atoms with Crippen molar-refractivity contribution in [1.29, 1.82) is 0 Å². The molecular formula is C29H22N4O5S. The van der Waals surface area contributed by atoms with Crippen molar-refractivity contribution in [2.24, 2.45) is 5.73 Å². The molecule has 9 nitrogen and oxygen atoms in total. The Kier molecular flexibility index (Phi) is 5.88. The van der Waals surface area contributed by atoms with Crippen LogP contribution < -0.4 is 30.2 Å². The molecule has 6 rings (SSSR count). The van der Waals surface area contributed by atoms with E-state index in [-0.39, 0.29) is 22.2 Å². The lowest BCUT2D eigenvalue weighted by Crippen LogP contribution is -2.37. The Hall–Kier alpha value is -4.96. The van der Waals surface area contributed by atoms with Crippen molar-refractivity contribution in [3.05, 3.63) is 93.2 Å². The number of amides is 2. The summed E-state index contributed by atoms with van der Waals surface area (Å²) in [5, 5.41) is 0. The molecule has 3 heterocycles. The van der Waals surface area contributed by atoms with Crippen molar-refractivity contribution >= 4 is 39.4 Å². The molecule has 10 heteroatoms. The minimum Gasteiger partial charge on any atom is -0.497 e. The molecule has 2 aromatic heterocycles. The van der Waals surface area contributed by atoms with E-state index in [0.29, 0.717) is 39.1 Å². The van der Waals surface area contributed by atoms with Crippen LogP contribution in [0.5, 0.6) is 11.5 Å². The van der Waals surface area contributed by atoms with Gasteiger partial charge in [-0.15, -0.1) is 0 Å². The Morgan fingerprint density at radius 3 is 2.13 bits per heavy atom. The third-order valence-electron chi connectivity index (χ3n) is 6.63. The summed E-state index contributed by atoms with van der Waals surface area (Å²) in [6, 6.07) is 21.9. The van der Waals surface area contributed by atoms with E-state index in [1.54, 1.807) is 42.9 Å². The van der Waals surface area contributed by atoms with Crippen molar-refractivity contribution in [3.63, 3.8) is 0 Å². The number of thiazole rings is 1. The van der Waals surface area contributed by atoms with Crippen molar-refractivity contribution in [2.45, 2.75) is 0 Å². The first kappa shape index (κ1) is 24.4. The molecule has 2 amide bonds. The standard InChI is InChI=1S/C29H22N4O5S/c1-37-18-11-7-16(8-12-18)24-25(17-9-13-19(38-2)14-10-17)33-28(36)26(39-29(33)31-24)23-20-5-3-4-6-21(20)32(27(23)35)15-22(30)34/h3-14H,15H2,1-2H3,(H2,30,34). The SMILES string of the molecule is COc1ccc(-c2nc3sc(=C4C(=O)N(CC(N)=O)c5ccccc54)c(=O)n3c2-c2ccc(OC)cc2)cc1. The van der Waals surface area contributed by atoms with Crippen LogP contribution in [0.2, 0.25) is 0 Å². The highest BCUT2D eigenvalue weighted by Crippen LogP contribution is 2.37. The van der Waals surface area contributed by atoms with Gasteiger partial charge in [-0.2, -0.15) is 0 Å². The van der Waals surface area contributed by atoms with Gasteiger partial charge in [-0.05, 0) is 54.6 Å². The monoisotopic (exact) mass is 538 g/mol. The third kappa shape index (κ3) is 3.93. The van der Waals surface area contributed by atoms with Crippen molar-refractivity contribution in [2.75, 3.05) is 25.7 Å². The molecule has 0 saturated carbocycles. The summed E-state index contributed by atoms with van der Waals surface area (Å²) in [6.45, 7) is -0.283. The maximum absolute atomic E-state index is 14.1. The molecule has 0 spiro atoms. The summed E-state index contributed by atoms with van der Waals surface area (Å²) >= 11 is 1.14. The smallest absolute Gasteiger partial charge is 0.275 e. The van der Waals surface area contributed by atoms with Gasteiger partial charge >= 0.3 is 0 Å². The number of anilines is 1. The zero-order valence-electron chi connectivity index (χ0n) is 21.0.